The van der Waals surface area contributed by atoms with Gasteiger partial charge in [0.1, 0.15) is 6.10 Å². The van der Waals surface area contributed by atoms with Crippen LogP contribution in [0.3, 0.4) is 0 Å². The van der Waals surface area contributed by atoms with Gasteiger partial charge in [-0.1, -0.05) is 19.9 Å². The Morgan fingerprint density at radius 1 is 1.26 bits per heavy atom. The number of Topliss-reactive ketones (excluding diaryl/α,β-unsaturated/α-hetero) is 1. The lowest BCUT2D eigenvalue weighted by atomic mass is 9.43. The quantitative estimate of drug-likeness (QED) is 0.362. The van der Waals surface area contributed by atoms with Crippen molar-refractivity contribution < 1.29 is 37.8 Å². The van der Waals surface area contributed by atoms with E-state index in [2.05, 4.69) is 6.58 Å². The largest absolute Gasteiger partial charge is 0.472 e. The molecule has 3 aliphatic rings. The number of esters is 3. The molecule has 8 heteroatoms. The highest BCUT2D eigenvalue weighted by Gasteiger charge is 2.67. The Kier molecular flexibility index (Phi) is 6.21. The summed E-state index contributed by atoms with van der Waals surface area (Å²) in [5, 5.41) is 0. The van der Waals surface area contributed by atoms with E-state index in [9.17, 15) is 19.2 Å². The average molecular weight is 473 g/mol. The summed E-state index contributed by atoms with van der Waals surface area (Å²) >= 11 is 0. The molecule has 1 aliphatic heterocycles. The van der Waals surface area contributed by atoms with Crippen LogP contribution in [0.5, 0.6) is 0 Å². The number of cyclic esters (lactones) is 1. The van der Waals surface area contributed by atoms with Gasteiger partial charge in [-0.3, -0.25) is 19.2 Å². The summed E-state index contributed by atoms with van der Waals surface area (Å²) in [4.78, 5) is 52.6. The molecule has 3 fully saturated rings. The Hall–Kier alpha value is -2.90. The lowest BCUT2D eigenvalue weighted by molar-refractivity contribution is -0.210. The van der Waals surface area contributed by atoms with Crippen molar-refractivity contribution in [3.63, 3.8) is 0 Å². The molecule has 1 aromatic heterocycles. The first-order chi connectivity index (χ1) is 16.1. The van der Waals surface area contributed by atoms with Crippen LogP contribution in [0.25, 0.3) is 0 Å². The second kappa shape index (κ2) is 8.71. The van der Waals surface area contributed by atoms with Crippen LogP contribution in [-0.4, -0.2) is 36.9 Å². The molecule has 2 heterocycles. The number of ketones is 1. The predicted octanol–water partition coefficient (Wildman–Crippen LogP) is 3.80. The third-order valence-corrected chi connectivity index (χ3v) is 8.49. The molecule has 2 aliphatic carbocycles. The van der Waals surface area contributed by atoms with E-state index in [0.29, 0.717) is 19.3 Å². The van der Waals surface area contributed by atoms with Crippen molar-refractivity contribution in [3.8, 4) is 0 Å². The normalized spacial score (nSPS) is 38.1. The minimum absolute atomic E-state index is 0.0600. The van der Waals surface area contributed by atoms with Gasteiger partial charge in [0.15, 0.2) is 11.9 Å². The molecule has 0 spiro atoms. The molecule has 4 rings (SSSR count). The monoisotopic (exact) mass is 472 g/mol. The van der Waals surface area contributed by atoms with E-state index in [1.807, 2.05) is 13.8 Å². The van der Waals surface area contributed by atoms with Gasteiger partial charge in [-0.2, -0.15) is 0 Å². The van der Waals surface area contributed by atoms with Gasteiger partial charge in [0.2, 0.25) is 0 Å². The van der Waals surface area contributed by atoms with E-state index in [4.69, 9.17) is 18.6 Å². The Morgan fingerprint density at radius 3 is 2.62 bits per heavy atom. The molecule has 8 atom stereocenters. The first kappa shape index (κ1) is 24.2. The average Bonchev–Trinajstić information content (AvgIpc) is 3.34. The van der Waals surface area contributed by atoms with Crippen LogP contribution in [0.15, 0.2) is 35.7 Å². The molecule has 1 aromatic rings. The highest BCUT2D eigenvalue weighted by atomic mass is 16.6. The lowest BCUT2D eigenvalue weighted by Gasteiger charge is -2.61. The Bertz CT molecular complexity index is 996. The van der Waals surface area contributed by atoms with Crippen LogP contribution in [-0.2, 0) is 33.4 Å². The highest BCUT2D eigenvalue weighted by molar-refractivity contribution is 5.93. The van der Waals surface area contributed by atoms with Crippen molar-refractivity contribution in [1.29, 1.82) is 0 Å². The molecule has 34 heavy (non-hydrogen) atoms. The fourth-order valence-corrected chi connectivity index (χ4v) is 6.61. The zero-order chi connectivity index (χ0) is 24.8. The number of hydrogen-bond acceptors (Lipinski definition) is 8. The van der Waals surface area contributed by atoms with Crippen molar-refractivity contribution in [1.82, 2.24) is 0 Å². The second-order valence-corrected chi connectivity index (χ2v) is 10.4. The Morgan fingerprint density at radius 2 is 2.00 bits per heavy atom. The number of ether oxygens (including phenoxy) is 3. The number of hydrogen-bond donors (Lipinski definition) is 0. The zero-order valence-corrected chi connectivity index (χ0v) is 20.1. The number of fused-ring (bicyclic) bond motifs is 3. The highest BCUT2D eigenvalue weighted by Crippen LogP contribution is 2.65. The molecule has 0 radical (unpaired) electrons. The zero-order valence-electron chi connectivity index (χ0n) is 20.1. The van der Waals surface area contributed by atoms with Gasteiger partial charge < -0.3 is 18.6 Å². The van der Waals surface area contributed by atoms with Gasteiger partial charge >= 0.3 is 17.9 Å². The van der Waals surface area contributed by atoms with Crippen molar-refractivity contribution in [2.75, 3.05) is 7.11 Å². The maximum absolute atomic E-state index is 14.0. The molecular formula is C26H32O8. The van der Waals surface area contributed by atoms with Crippen LogP contribution in [0, 0.1) is 34.5 Å². The third kappa shape index (κ3) is 3.67. The van der Waals surface area contributed by atoms with Gasteiger partial charge in [-0.25, -0.2) is 0 Å². The van der Waals surface area contributed by atoms with Crippen LogP contribution in [0.2, 0.25) is 0 Å². The Labute approximate surface area is 199 Å². The molecule has 1 saturated heterocycles. The molecule has 0 N–H and O–H groups in total. The molecule has 184 valence electrons. The molecular weight excluding hydrogens is 440 g/mol. The van der Waals surface area contributed by atoms with Gasteiger partial charge in [0, 0.05) is 17.9 Å². The molecule has 0 amide bonds. The van der Waals surface area contributed by atoms with E-state index in [-0.39, 0.29) is 18.2 Å². The van der Waals surface area contributed by atoms with Gasteiger partial charge in [0.05, 0.1) is 37.4 Å². The van der Waals surface area contributed by atoms with Crippen LogP contribution >= 0.6 is 0 Å². The maximum Gasteiger partial charge on any atom is 0.313 e. The summed E-state index contributed by atoms with van der Waals surface area (Å²) in [5.41, 5.74) is -0.833. The molecule has 1 unspecified atom stereocenters. The number of rotatable bonds is 5. The van der Waals surface area contributed by atoms with Crippen LogP contribution in [0.1, 0.15) is 58.1 Å². The van der Waals surface area contributed by atoms with Gasteiger partial charge in [0.25, 0.3) is 0 Å². The van der Waals surface area contributed by atoms with Crippen LogP contribution in [0.4, 0.5) is 0 Å². The Balaban J connectivity index is 1.77. The third-order valence-electron chi connectivity index (χ3n) is 8.49. The topological polar surface area (TPSA) is 109 Å². The summed E-state index contributed by atoms with van der Waals surface area (Å²) in [6.45, 7) is 9.10. The van der Waals surface area contributed by atoms with Crippen molar-refractivity contribution >= 4 is 23.7 Å². The van der Waals surface area contributed by atoms with Crippen molar-refractivity contribution in [3.05, 3.63) is 36.8 Å². The summed E-state index contributed by atoms with van der Waals surface area (Å²) < 4.78 is 21.7. The number of methoxy groups -OCH3 is 1. The fraction of sp³-hybridized carbons (Fsp3) is 0.615. The summed E-state index contributed by atoms with van der Waals surface area (Å²) in [6, 6.07) is 1.74. The molecule has 0 bridgehead atoms. The molecule has 2 saturated carbocycles. The summed E-state index contributed by atoms with van der Waals surface area (Å²) in [7, 11) is 1.32. The van der Waals surface area contributed by atoms with Crippen molar-refractivity contribution in [2.45, 2.75) is 58.7 Å². The predicted molar refractivity (Wildman–Crippen MR) is 119 cm³/mol. The van der Waals surface area contributed by atoms with E-state index in [1.54, 1.807) is 13.0 Å². The van der Waals surface area contributed by atoms with Crippen LogP contribution < -0.4 is 0 Å². The van der Waals surface area contributed by atoms with Gasteiger partial charge in [-0.15, -0.1) is 6.58 Å². The number of furan rings is 1. The van der Waals surface area contributed by atoms with E-state index < -0.39 is 58.6 Å². The summed E-state index contributed by atoms with van der Waals surface area (Å²) in [5.74, 6) is -4.07. The van der Waals surface area contributed by atoms with Gasteiger partial charge in [-0.05, 0) is 43.1 Å². The standard InChI is InChI=1S/C26H32O8/c1-6-14(2)22(28)33-18-11-17(23(29)31-5)25(3)9-7-16-24(30)34-19(15-8-10-32-13-15)12-26(16,4)21(25)20(18)27/h6,8,10,13-14,16-19,21H,1,7,9,11-12H2,2-5H3/t14?,16-,17-,18-,19+,21-,25-,26-/m0/s1. The maximum atomic E-state index is 14.0. The van der Waals surface area contributed by atoms with E-state index >= 15 is 0 Å². The number of carbonyl (C=O) groups is 4. The molecule has 0 aromatic carbocycles. The first-order valence-electron chi connectivity index (χ1n) is 11.7. The minimum atomic E-state index is -1.10. The first-order valence-corrected chi connectivity index (χ1v) is 11.7. The fourth-order valence-electron chi connectivity index (χ4n) is 6.61. The lowest BCUT2D eigenvalue weighted by Crippen LogP contribution is -2.64. The van der Waals surface area contributed by atoms with E-state index in [1.165, 1.54) is 25.7 Å². The van der Waals surface area contributed by atoms with Crippen molar-refractivity contribution in [2.24, 2.45) is 34.5 Å². The smallest absolute Gasteiger partial charge is 0.313 e. The molecule has 8 nitrogen and oxygen atoms in total. The summed E-state index contributed by atoms with van der Waals surface area (Å²) in [6.07, 6.45) is 4.26. The SMILES string of the molecule is C=CC(C)C(=O)O[C@H]1C[C@@H](C(=O)OC)[C@]2(C)CC[C@H]3C(=O)O[C@@H](c4ccoc4)C[C@]3(C)[C@H]2C1=O. The number of carbonyl (C=O) groups excluding carboxylic acids is 4. The van der Waals surface area contributed by atoms with E-state index in [0.717, 1.165) is 5.56 Å². The minimum Gasteiger partial charge on any atom is -0.472 e. The second-order valence-electron chi connectivity index (χ2n) is 10.4.